The molecule has 1 unspecified atom stereocenters. The highest BCUT2D eigenvalue weighted by Gasteiger charge is 2.29. The Bertz CT molecular complexity index is 441. The Morgan fingerprint density at radius 2 is 1.86 bits per heavy atom. The molecule has 116 valence electrons. The largest absolute Gasteiger partial charge is 0.491 e. The number of para-hydroxylation sites is 2. The highest BCUT2D eigenvalue weighted by molar-refractivity contribution is 5.59. The van der Waals surface area contributed by atoms with Gasteiger partial charge in [0.1, 0.15) is 5.75 Å². The molecule has 1 aliphatic heterocycles. The summed E-state index contributed by atoms with van der Waals surface area (Å²) >= 11 is 0. The molecule has 0 aromatic heterocycles. The molecule has 1 saturated carbocycles. The Labute approximate surface area is 128 Å². The Morgan fingerprint density at radius 1 is 1.10 bits per heavy atom. The quantitative estimate of drug-likeness (QED) is 0.864. The molecule has 1 fully saturated rings. The van der Waals surface area contributed by atoms with Crippen LogP contribution in [0.3, 0.4) is 0 Å². The number of hydrogen-bond acceptors (Lipinski definition) is 3. The van der Waals surface area contributed by atoms with E-state index in [0.717, 1.165) is 37.8 Å². The number of benzene rings is 1. The molecule has 0 saturated heterocycles. The number of nitrogens with two attached hydrogens (primary N) is 1. The predicted octanol–water partition coefficient (Wildman–Crippen LogP) is 3.57. The molecule has 2 N–H and O–H groups in total. The molecule has 0 radical (unpaired) electrons. The summed E-state index contributed by atoms with van der Waals surface area (Å²) in [5.41, 5.74) is 7.46. The zero-order valence-electron chi connectivity index (χ0n) is 13.0. The van der Waals surface area contributed by atoms with Gasteiger partial charge in [-0.1, -0.05) is 37.8 Å². The van der Waals surface area contributed by atoms with Crippen LogP contribution < -0.4 is 15.4 Å². The first-order valence-electron chi connectivity index (χ1n) is 8.58. The average molecular weight is 288 g/mol. The van der Waals surface area contributed by atoms with E-state index in [-0.39, 0.29) is 0 Å². The number of rotatable bonds is 3. The summed E-state index contributed by atoms with van der Waals surface area (Å²) in [5.74, 6) is 1.77. The molecule has 1 heterocycles. The van der Waals surface area contributed by atoms with Crippen LogP contribution in [0.4, 0.5) is 5.69 Å². The lowest BCUT2D eigenvalue weighted by molar-refractivity contribution is 0.320. The maximum atomic E-state index is 6.21. The van der Waals surface area contributed by atoms with E-state index in [2.05, 4.69) is 29.2 Å². The minimum atomic E-state index is 0.464. The molecule has 0 spiro atoms. The normalized spacial score (nSPS) is 21.9. The van der Waals surface area contributed by atoms with E-state index >= 15 is 0 Å². The van der Waals surface area contributed by atoms with Crippen LogP contribution in [-0.4, -0.2) is 25.7 Å². The van der Waals surface area contributed by atoms with Gasteiger partial charge in [0.25, 0.3) is 0 Å². The molecule has 3 nitrogen and oxygen atoms in total. The van der Waals surface area contributed by atoms with Gasteiger partial charge < -0.3 is 15.4 Å². The van der Waals surface area contributed by atoms with Gasteiger partial charge in [0.05, 0.1) is 12.3 Å². The summed E-state index contributed by atoms with van der Waals surface area (Å²) in [6, 6.07) is 8.92. The topological polar surface area (TPSA) is 38.5 Å². The van der Waals surface area contributed by atoms with E-state index in [4.69, 9.17) is 10.5 Å². The van der Waals surface area contributed by atoms with Gasteiger partial charge >= 0.3 is 0 Å². The molecule has 1 aromatic carbocycles. The zero-order chi connectivity index (χ0) is 14.5. The Morgan fingerprint density at radius 3 is 2.62 bits per heavy atom. The van der Waals surface area contributed by atoms with Crippen molar-refractivity contribution in [3.05, 3.63) is 24.3 Å². The van der Waals surface area contributed by atoms with Crippen molar-refractivity contribution < 1.29 is 4.74 Å². The Balaban J connectivity index is 1.85. The van der Waals surface area contributed by atoms with Gasteiger partial charge in [0, 0.05) is 19.1 Å². The molecule has 1 aromatic rings. The van der Waals surface area contributed by atoms with Crippen LogP contribution in [0.2, 0.25) is 0 Å². The molecular weight excluding hydrogens is 260 g/mol. The Kier molecular flexibility index (Phi) is 5.02. The highest BCUT2D eigenvalue weighted by atomic mass is 16.5. The van der Waals surface area contributed by atoms with Crippen molar-refractivity contribution in [2.45, 2.75) is 51.0 Å². The van der Waals surface area contributed by atoms with E-state index in [9.17, 15) is 0 Å². The monoisotopic (exact) mass is 288 g/mol. The fourth-order valence-electron chi connectivity index (χ4n) is 3.97. The molecule has 1 atom stereocenters. The predicted molar refractivity (Wildman–Crippen MR) is 87.9 cm³/mol. The van der Waals surface area contributed by atoms with Crippen LogP contribution in [0.1, 0.15) is 44.9 Å². The van der Waals surface area contributed by atoms with Crippen LogP contribution in [-0.2, 0) is 0 Å². The van der Waals surface area contributed by atoms with E-state index < -0.39 is 0 Å². The van der Waals surface area contributed by atoms with Crippen LogP contribution in [0.15, 0.2) is 24.3 Å². The second-order valence-electron chi connectivity index (χ2n) is 6.42. The molecule has 2 aliphatic rings. The third-order valence-electron chi connectivity index (χ3n) is 5.06. The van der Waals surface area contributed by atoms with Gasteiger partial charge in [-0.05, 0) is 37.3 Å². The van der Waals surface area contributed by atoms with Crippen LogP contribution >= 0.6 is 0 Å². The van der Waals surface area contributed by atoms with Crippen molar-refractivity contribution in [1.29, 1.82) is 0 Å². The lowest BCUT2D eigenvalue weighted by atomic mass is 9.90. The number of nitrogens with zero attached hydrogens (tertiary/aromatic N) is 1. The van der Waals surface area contributed by atoms with Crippen molar-refractivity contribution >= 4 is 5.69 Å². The van der Waals surface area contributed by atoms with Crippen LogP contribution in [0.25, 0.3) is 0 Å². The number of fused-ring (bicyclic) bond motifs is 1. The number of ether oxygens (including phenoxy) is 1. The maximum Gasteiger partial charge on any atom is 0.142 e. The van der Waals surface area contributed by atoms with Gasteiger partial charge in [0.15, 0.2) is 0 Å². The molecule has 21 heavy (non-hydrogen) atoms. The van der Waals surface area contributed by atoms with Crippen molar-refractivity contribution in [3.63, 3.8) is 0 Å². The second kappa shape index (κ2) is 7.17. The summed E-state index contributed by atoms with van der Waals surface area (Å²) in [7, 11) is 0. The SMILES string of the molecule is NCC(C1CCCCCC1)N1CCCOc2ccccc21. The van der Waals surface area contributed by atoms with Gasteiger partial charge in [-0.15, -0.1) is 0 Å². The van der Waals surface area contributed by atoms with Gasteiger partial charge in [-0.25, -0.2) is 0 Å². The number of hydrogen-bond donors (Lipinski definition) is 1. The molecule has 3 heteroatoms. The summed E-state index contributed by atoms with van der Waals surface area (Å²) in [4.78, 5) is 2.54. The maximum absolute atomic E-state index is 6.21. The fourth-order valence-corrected chi connectivity index (χ4v) is 3.97. The zero-order valence-corrected chi connectivity index (χ0v) is 13.0. The summed E-state index contributed by atoms with van der Waals surface area (Å²) in [6.07, 6.45) is 9.28. The minimum Gasteiger partial charge on any atom is -0.491 e. The molecule has 3 rings (SSSR count). The van der Waals surface area contributed by atoms with Crippen LogP contribution in [0.5, 0.6) is 5.75 Å². The lowest BCUT2D eigenvalue weighted by Gasteiger charge is -2.37. The molecule has 1 aliphatic carbocycles. The highest BCUT2D eigenvalue weighted by Crippen LogP contribution is 2.36. The molecule has 0 amide bonds. The average Bonchev–Trinajstić information content (AvgIpc) is 2.90. The van der Waals surface area contributed by atoms with E-state index in [1.165, 1.54) is 44.2 Å². The van der Waals surface area contributed by atoms with Gasteiger partial charge in [-0.3, -0.25) is 0 Å². The first-order valence-corrected chi connectivity index (χ1v) is 8.58. The third kappa shape index (κ3) is 3.34. The van der Waals surface area contributed by atoms with Crippen molar-refractivity contribution in [3.8, 4) is 5.75 Å². The summed E-state index contributed by atoms with van der Waals surface area (Å²) in [6.45, 7) is 2.63. The van der Waals surface area contributed by atoms with E-state index in [0.29, 0.717) is 6.04 Å². The van der Waals surface area contributed by atoms with Gasteiger partial charge in [0.2, 0.25) is 0 Å². The summed E-state index contributed by atoms with van der Waals surface area (Å²) in [5, 5.41) is 0. The van der Waals surface area contributed by atoms with Crippen molar-refractivity contribution in [2.24, 2.45) is 11.7 Å². The first kappa shape index (κ1) is 14.7. The Hall–Kier alpha value is -1.22. The van der Waals surface area contributed by atoms with Gasteiger partial charge in [-0.2, -0.15) is 0 Å². The van der Waals surface area contributed by atoms with Crippen LogP contribution in [0, 0.1) is 5.92 Å². The first-order chi connectivity index (χ1) is 10.4. The minimum absolute atomic E-state index is 0.464. The second-order valence-corrected chi connectivity index (χ2v) is 6.42. The van der Waals surface area contributed by atoms with Crippen molar-refractivity contribution in [2.75, 3.05) is 24.6 Å². The van der Waals surface area contributed by atoms with Crippen molar-refractivity contribution in [1.82, 2.24) is 0 Å². The molecule has 0 bridgehead atoms. The smallest absolute Gasteiger partial charge is 0.142 e. The van der Waals surface area contributed by atoms with E-state index in [1.807, 2.05) is 0 Å². The third-order valence-corrected chi connectivity index (χ3v) is 5.06. The fraction of sp³-hybridized carbons (Fsp3) is 0.667. The van der Waals surface area contributed by atoms with E-state index in [1.54, 1.807) is 0 Å². The molecular formula is C18H28N2O. The lowest BCUT2D eigenvalue weighted by Crippen LogP contribution is -2.46. The summed E-state index contributed by atoms with van der Waals surface area (Å²) < 4.78 is 5.90. The number of anilines is 1. The standard InChI is InChI=1S/C18H28N2O/c19-14-17(15-8-3-1-2-4-9-15)20-12-7-13-21-18-11-6-5-10-16(18)20/h5-6,10-11,15,17H,1-4,7-9,12-14,19H2.